The van der Waals surface area contributed by atoms with Crippen LogP contribution in [0.15, 0.2) is 83.8 Å². The number of halogens is 1. The average molecular weight is 491 g/mol. The van der Waals surface area contributed by atoms with E-state index in [1.165, 1.54) is 11.8 Å². The molecule has 3 aromatic rings. The minimum absolute atomic E-state index is 0.185. The van der Waals surface area contributed by atoms with E-state index in [0.717, 1.165) is 22.4 Å². The van der Waals surface area contributed by atoms with E-state index in [1.54, 1.807) is 9.80 Å². The molecule has 7 heteroatoms. The highest BCUT2D eigenvalue weighted by Gasteiger charge is 2.41. The van der Waals surface area contributed by atoms with E-state index in [1.807, 2.05) is 78.9 Å². The van der Waals surface area contributed by atoms with E-state index in [2.05, 4.69) is 0 Å². The SMILES string of the molecule is O=C1/C(=C2/C(=O)N(Cc3ccc(Cl)cc3)c3ccccc32)SC(=S)N1CCc1ccccc1. The summed E-state index contributed by atoms with van der Waals surface area (Å²) in [5.74, 6) is -0.387. The molecule has 0 atom stereocenters. The molecule has 5 rings (SSSR count). The van der Waals surface area contributed by atoms with Crippen LogP contribution in [0.3, 0.4) is 0 Å². The first-order valence-electron chi connectivity index (χ1n) is 10.5. The normalized spacial score (nSPS) is 17.8. The third kappa shape index (κ3) is 4.22. The topological polar surface area (TPSA) is 40.6 Å². The van der Waals surface area contributed by atoms with Gasteiger partial charge in [0.15, 0.2) is 0 Å². The fourth-order valence-corrected chi connectivity index (χ4v) is 5.56. The maximum absolute atomic E-state index is 13.6. The van der Waals surface area contributed by atoms with Crippen molar-refractivity contribution in [1.82, 2.24) is 4.90 Å². The molecule has 0 N–H and O–H groups in total. The molecule has 2 aliphatic rings. The van der Waals surface area contributed by atoms with E-state index >= 15 is 0 Å². The summed E-state index contributed by atoms with van der Waals surface area (Å²) in [6.45, 7) is 0.876. The zero-order valence-corrected chi connectivity index (χ0v) is 19.9. The molecule has 4 nitrogen and oxygen atoms in total. The van der Waals surface area contributed by atoms with Gasteiger partial charge in [0.25, 0.3) is 11.8 Å². The van der Waals surface area contributed by atoms with E-state index in [0.29, 0.717) is 39.3 Å². The van der Waals surface area contributed by atoms with E-state index in [-0.39, 0.29) is 11.8 Å². The molecule has 164 valence electrons. The lowest BCUT2D eigenvalue weighted by Crippen LogP contribution is -2.31. The highest BCUT2D eigenvalue weighted by molar-refractivity contribution is 8.26. The molecule has 2 heterocycles. The van der Waals surface area contributed by atoms with Crippen LogP contribution in [0.2, 0.25) is 5.02 Å². The largest absolute Gasteiger partial charge is 0.303 e. The molecule has 33 heavy (non-hydrogen) atoms. The fourth-order valence-electron chi connectivity index (χ4n) is 4.06. The molecule has 0 aromatic heterocycles. The van der Waals surface area contributed by atoms with Crippen LogP contribution in [0.1, 0.15) is 16.7 Å². The first-order valence-corrected chi connectivity index (χ1v) is 12.1. The second-order valence-electron chi connectivity index (χ2n) is 7.80. The van der Waals surface area contributed by atoms with Gasteiger partial charge < -0.3 is 4.90 Å². The number of carbonyl (C=O) groups excluding carboxylic acids is 2. The molecule has 2 amide bonds. The van der Waals surface area contributed by atoms with Crippen LogP contribution < -0.4 is 4.90 Å². The van der Waals surface area contributed by atoms with Crippen LogP contribution in [-0.2, 0) is 22.6 Å². The highest BCUT2D eigenvalue weighted by Crippen LogP contribution is 2.45. The Bertz CT molecular complexity index is 1290. The average Bonchev–Trinajstić information content (AvgIpc) is 3.26. The number of anilines is 1. The monoisotopic (exact) mass is 490 g/mol. The van der Waals surface area contributed by atoms with Crippen molar-refractivity contribution in [2.45, 2.75) is 13.0 Å². The van der Waals surface area contributed by atoms with Crippen LogP contribution in [0.4, 0.5) is 5.69 Å². The number of amides is 2. The zero-order chi connectivity index (χ0) is 22.9. The summed E-state index contributed by atoms with van der Waals surface area (Å²) < 4.78 is 0.486. The molecular weight excluding hydrogens is 472 g/mol. The van der Waals surface area contributed by atoms with Crippen molar-refractivity contribution in [1.29, 1.82) is 0 Å². The van der Waals surface area contributed by atoms with Gasteiger partial charge in [0, 0.05) is 17.1 Å². The summed E-state index contributed by atoms with van der Waals surface area (Å²) >= 11 is 12.8. The number of benzene rings is 3. The van der Waals surface area contributed by atoms with Crippen LogP contribution in [-0.4, -0.2) is 27.6 Å². The minimum Gasteiger partial charge on any atom is -0.303 e. The maximum Gasteiger partial charge on any atom is 0.267 e. The Morgan fingerprint density at radius 1 is 0.788 bits per heavy atom. The third-order valence-electron chi connectivity index (χ3n) is 5.72. The maximum atomic E-state index is 13.6. The smallest absolute Gasteiger partial charge is 0.267 e. The number of hydrogen-bond acceptors (Lipinski definition) is 4. The molecule has 1 fully saturated rings. The summed E-state index contributed by atoms with van der Waals surface area (Å²) in [5, 5.41) is 0.645. The summed E-state index contributed by atoms with van der Waals surface area (Å²) in [6, 6.07) is 25.0. The molecule has 0 saturated carbocycles. The van der Waals surface area contributed by atoms with Crippen molar-refractivity contribution in [2.24, 2.45) is 0 Å². The molecule has 0 spiro atoms. The summed E-state index contributed by atoms with van der Waals surface area (Å²) in [7, 11) is 0. The Kier molecular flexibility index (Phi) is 6.06. The first kappa shape index (κ1) is 21.9. The number of thiocarbonyl (C=S) groups is 1. The van der Waals surface area contributed by atoms with Gasteiger partial charge >= 0.3 is 0 Å². The third-order valence-corrected chi connectivity index (χ3v) is 7.42. The lowest BCUT2D eigenvalue weighted by Gasteiger charge is -2.17. The lowest BCUT2D eigenvalue weighted by atomic mass is 10.1. The summed E-state index contributed by atoms with van der Waals surface area (Å²) in [5.41, 5.74) is 4.08. The van der Waals surface area contributed by atoms with Crippen LogP contribution in [0, 0.1) is 0 Å². The Morgan fingerprint density at radius 3 is 2.24 bits per heavy atom. The predicted octanol–water partition coefficient (Wildman–Crippen LogP) is 5.70. The van der Waals surface area contributed by atoms with Crippen LogP contribution in [0.25, 0.3) is 5.57 Å². The van der Waals surface area contributed by atoms with E-state index < -0.39 is 0 Å². The molecule has 0 unspecified atom stereocenters. The van der Waals surface area contributed by atoms with Gasteiger partial charge in [0.1, 0.15) is 4.32 Å². The fraction of sp³-hybridized carbons (Fsp3) is 0.115. The number of rotatable bonds is 5. The van der Waals surface area contributed by atoms with Crippen molar-refractivity contribution in [2.75, 3.05) is 11.4 Å². The number of nitrogens with zero attached hydrogens (tertiary/aromatic N) is 2. The molecular formula is C26H19ClN2O2S2. The summed E-state index contributed by atoms with van der Waals surface area (Å²) in [4.78, 5) is 30.7. The minimum atomic E-state index is -0.201. The number of para-hydroxylation sites is 1. The molecule has 0 bridgehead atoms. The molecule has 0 aliphatic carbocycles. The molecule has 1 saturated heterocycles. The number of thioether (sulfide) groups is 1. The van der Waals surface area contributed by atoms with Gasteiger partial charge in [-0.05, 0) is 35.7 Å². The van der Waals surface area contributed by atoms with Crippen molar-refractivity contribution in [3.8, 4) is 0 Å². The number of carbonyl (C=O) groups is 2. The van der Waals surface area contributed by atoms with Crippen molar-refractivity contribution >= 4 is 63.0 Å². The van der Waals surface area contributed by atoms with Crippen molar-refractivity contribution < 1.29 is 9.59 Å². The van der Waals surface area contributed by atoms with Gasteiger partial charge in [-0.15, -0.1) is 0 Å². The van der Waals surface area contributed by atoms with Gasteiger partial charge in [0.05, 0.1) is 22.7 Å². The van der Waals surface area contributed by atoms with Crippen LogP contribution >= 0.6 is 35.6 Å². The second-order valence-corrected chi connectivity index (χ2v) is 9.88. The van der Waals surface area contributed by atoms with E-state index in [9.17, 15) is 9.59 Å². The zero-order valence-electron chi connectivity index (χ0n) is 17.5. The molecule has 2 aliphatic heterocycles. The van der Waals surface area contributed by atoms with Crippen molar-refractivity contribution in [3.63, 3.8) is 0 Å². The van der Waals surface area contributed by atoms with Crippen LogP contribution in [0.5, 0.6) is 0 Å². The van der Waals surface area contributed by atoms with Gasteiger partial charge in [-0.25, -0.2) is 0 Å². The Morgan fingerprint density at radius 2 is 1.48 bits per heavy atom. The number of fused-ring (bicyclic) bond motifs is 1. The van der Waals surface area contributed by atoms with Crippen molar-refractivity contribution in [3.05, 3.63) is 105 Å². The molecule has 0 radical (unpaired) electrons. The summed E-state index contributed by atoms with van der Waals surface area (Å²) in [6.07, 6.45) is 0.698. The van der Waals surface area contributed by atoms with Gasteiger partial charge in [-0.3, -0.25) is 14.5 Å². The quantitative estimate of drug-likeness (QED) is 0.340. The lowest BCUT2D eigenvalue weighted by molar-refractivity contribution is -0.122. The second kappa shape index (κ2) is 9.14. The Hall–Kier alpha value is -2.93. The van der Waals surface area contributed by atoms with Gasteiger partial charge in [0.2, 0.25) is 0 Å². The van der Waals surface area contributed by atoms with E-state index in [4.69, 9.17) is 23.8 Å². The Balaban J connectivity index is 1.45. The van der Waals surface area contributed by atoms with Gasteiger partial charge in [-0.1, -0.05) is 96.2 Å². The highest BCUT2D eigenvalue weighted by atomic mass is 35.5. The first-order chi connectivity index (χ1) is 16.0. The standard InChI is InChI=1S/C26H19ClN2O2S2/c27-19-12-10-18(11-13-19)16-29-21-9-5-4-8-20(21)22(24(29)30)23-25(31)28(26(32)33-23)15-14-17-6-2-1-3-7-17/h1-13H,14-16H2/b23-22-. The predicted molar refractivity (Wildman–Crippen MR) is 138 cm³/mol. The Labute approximate surface area is 206 Å². The molecule has 3 aromatic carbocycles. The van der Waals surface area contributed by atoms with Gasteiger partial charge in [-0.2, -0.15) is 0 Å². The number of hydrogen-bond donors (Lipinski definition) is 0.